The molecule has 0 aliphatic carbocycles. The number of rotatable bonds is 2. The van der Waals surface area contributed by atoms with Gasteiger partial charge in [-0.05, 0) is 12.8 Å². The van der Waals surface area contributed by atoms with Crippen LogP contribution in [-0.4, -0.2) is 42.9 Å². The molecule has 6 nitrogen and oxygen atoms in total. The van der Waals surface area contributed by atoms with E-state index in [9.17, 15) is 0 Å². The molecule has 0 radical (unpaired) electrons. The maximum absolute atomic E-state index is 8.49. The highest BCUT2D eigenvalue weighted by Crippen LogP contribution is 2.16. The molecule has 8 heteroatoms. The standard InChI is InChI=1S/C9H16ClN2.ClHO4/c1-11(2)8-5-9(10)12-6-3-4-7-12;2-1(3,4)5/h5,8H,3-4,6-7H2,1-2H3;(H,2,3,4,5)/q+1;/p-1. The van der Waals surface area contributed by atoms with Gasteiger partial charge in [0.1, 0.15) is 19.3 Å². The second-order valence-electron chi connectivity index (χ2n) is 3.67. The van der Waals surface area contributed by atoms with Gasteiger partial charge < -0.3 is 4.90 Å². The van der Waals surface area contributed by atoms with Crippen molar-refractivity contribution in [3.05, 3.63) is 11.2 Å². The van der Waals surface area contributed by atoms with Gasteiger partial charge in [-0.1, -0.05) is 11.6 Å². The summed E-state index contributed by atoms with van der Waals surface area (Å²) in [5, 5.41) is 0.862. The molecule has 0 spiro atoms. The molecule has 0 saturated carbocycles. The van der Waals surface area contributed by atoms with Crippen molar-refractivity contribution in [1.29, 1.82) is 0 Å². The van der Waals surface area contributed by atoms with Crippen LogP contribution in [0.25, 0.3) is 0 Å². The Kier molecular flexibility index (Phi) is 7.69. The van der Waals surface area contributed by atoms with Gasteiger partial charge in [-0.2, -0.15) is 0 Å². The Morgan fingerprint density at radius 1 is 1.18 bits per heavy atom. The molecule has 0 unspecified atom stereocenters. The lowest BCUT2D eigenvalue weighted by Crippen LogP contribution is -2.68. The maximum Gasteiger partial charge on any atom is 0.165 e. The zero-order valence-corrected chi connectivity index (χ0v) is 11.3. The fraction of sp³-hybridized carbons (Fsp3) is 0.667. The number of likely N-dealkylation sites (tertiary alicyclic amines) is 1. The third kappa shape index (κ3) is 11.9. The lowest BCUT2D eigenvalue weighted by atomic mass is 10.4. The van der Waals surface area contributed by atoms with Crippen LogP contribution in [0.2, 0.25) is 0 Å². The van der Waals surface area contributed by atoms with Gasteiger partial charge in [0.2, 0.25) is 0 Å². The summed E-state index contributed by atoms with van der Waals surface area (Å²) in [5.41, 5.74) is 0. The van der Waals surface area contributed by atoms with Crippen molar-refractivity contribution in [3.8, 4) is 0 Å². The van der Waals surface area contributed by atoms with Crippen LogP contribution in [-0.2, 0) is 0 Å². The molecule has 0 amide bonds. The molecular weight excluding hydrogens is 271 g/mol. The van der Waals surface area contributed by atoms with Crippen LogP contribution in [0, 0.1) is 10.2 Å². The van der Waals surface area contributed by atoms with E-state index in [0.717, 1.165) is 18.2 Å². The third-order valence-electron chi connectivity index (χ3n) is 1.92. The van der Waals surface area contributed by atoms with Crippen molar-refractivity contribution >= 4 is 17.8 Å². The Morgan fingerprint density at radius 3 is 1.94 bits per heavy atom. The number of halogens is 2. The van der Waals surface area contributed by atoms with Crippen molar-refractivity contribution in [2.24, 2.45) is 0 Å². The first-order valence-corrected chi connectivity index (χ1v) is 6.55. The van der Waals surface area contributed by atoms with Crippen LogP contribution in [0.1, 0.15) is 12.8 Å². The molecule has 0 aromatic rings. The molecule has 1 rings (SSSR count). The molecule has 0 atom stereocenters. The van der Waals surface area contributed by atoms with Crippen molar-refractivity contribution in [2.75, 3.05) is 27.2 Å². The first-order chi connectivity index (χ1) is 7.70. The Morgan fingerprint density at radius 2 is 1.59 bits per heavy atom. The van der Waals surface area contributed by atoms with Crippen LogP contribution in [0.3, 0.4) is 0 Å². The predicted octanol–water partition coefficient (Wildman–Crippen LogP) is -3.25. The summed E-state index contributed by atoms with van der Waals surface area (Å²) in [4.78, 5) is 2.21. The topological polar surface area (TPSA) is 98.5 Å². The third-order valence-corrected chi connectivity index (χ3v) is 2.28. The lowest BCUT2D eigenvalue weighted by Gasteiger charge is -2.17. The number of hydrogen-bond acceptors (Lipinski definition) is 5. The average Bonchev–Trinajstić information content (AvgIpc) is 2.63. The van der Waals surface area contributed by atoms with Crippen molar-refractivity contribution in [1.82, 2.24) is 4.90 Å². The van der Waals surface area contributed by atoms with Gasteiger partial charge in [0.25, 0.3) is 0 Å². The van der Waals surface area contributed by atoms with Gasteiger partial charge >= 0.3 is 0 Å². The van der Waals surface area contributed by atoms with E-state index >= 15 is 0 Å². The summed E-state index contributed by atoms with van der Waals surface area (Å²) in [6.45, 7) is 2.22. The number of allylic oxidation sites excluding steroid dienone is 1. The van der Waals surface area contributed by atoms with Gasteiger partial charge in [-0.15, -0.1) is 10.2 Å². The van der Waals surface area contributed by atoms with Crippen LogP contribution in [0.15, 0.2) is 11.2 Å². The molecule has 1 aliphatic rings. The number of nitrogens with zero attached hydrogens (tertiary/aromatic N) is 2. The largest absolute Gasteiger partial charge is 0.362 e. The van der Waals surface area contributed by atoms with Crippen LogP contribution in [0.4, 0.5) is 0 Å². The number of hydrogen-bond donors (Lipinski definition) is 0. The average molecular weight is 287 g/mol. The first-order valence-electron chi connectivity index (χ1n) is 4.94. The van der Waals surface area contributed by atoms with E-state index in [1.807, 2.05) is 31.0 Å². The lowest BCUT2D eigenvalue weighted by molar-refractivity contribution is -2.00. The fourth-order valence-electron chi connectivity index (χ4n) is 1.25. The first kappa shape index (κ1) is 16.6. The summed E-state index contributed by atoms with van der Waals surface area (Å²) >= 11 is 6.06. The zero-order chi connectivity index (χ0) is 13.5. The monoisotopic (exact) mass is 286 g/mol. The van der Waals surface area contributed by atoms with E-state index in [1.165, 1.54) is 12.8 Å². The van der Waals surface area contributed by atoms with E-state index in [0.29, 0.717) is 0 Å². The van der Waals surface area contributed by atoms with Crippen molar-refractivity contribution < 1.29 is 33.5 Å². The van der Waals surface area contributed by atoms with Crippen LogP contribution < -0.4 is 18.6 Å². The summed E-state index contributed by atoms with van der Waals surface area (Å²) in [5.74, 6) is 0. The zero-order valence-electron chi connectivity index (χ0n) is 9.77. The molecule has 17 heavy (non-hydrogen) atoms. The fourth-order valence-corrected chi connectivity index (χ4v) is 1.47. The van der Waals surface area contributed by atoms with Gasteiger partial charge in [-0.3, -0.25) is 0 Å². The smallest absolute Gasteiger partial charge is 0.165 e. The Labute approximate surface area is 108 Å². The highest BCUT2D eigenvalue weighted by Gasteiger charge is 2.12. The quantitative estimate of drug-likeness (QED) is 0.302. The van der Waals surface area contributed by atoms with E-state index in [-0.39, 0.29) is 0 Å². The summed E-state index contributed by atoms with van der Waals surface area (Å²) < 4.78 is 36.0. The molecule has 0 bridgehead atoms. The van der Waals surface area contributed by atoms with Crippen molar-refractivity contribution in [3.63, 3.8) is 0 Å². The molecule has 1 fully saturated rings. The SMILES string of the molecule is C[N+](C)=C/C=C(\Cl)N1CCCC1.[O-][Cl+3]([O-])([O-])[O-]. The molecular formula is C9H16Cl2N2O4. The van der Waals surface area contributed by atoms with Gasteiger partial charge in [-0.25, -0.2) is 23.2 Å². The molecule has 0 N–H and O–H groups in total. The van der Waals surface area contributed by atoms with Gasteiger partial charge in [0.15, 0.2) is 6.21 Å². The Hall–Kier alpha value is -0.370. The van der Waals surface area contributed by atoms with E-state index in [4.69, 9.17) is 30.2 Å². The molecule has 100 valence electrons. The molecule has 1 saturated heterocycles. The second-order valence-corrected chi connectivity index (χ2v) is 4.82. The molecule has 1 aliphatic heterocycles. The Balaban J connectivity index is 0.000000437. The minimum Gasteiger partial charge on any atom is -0.362 e. The molecule has 0 aromatic heterocycles. The summed E-state index contributed by atoms with van der Waals surface area (Å²) in [6.07, 6.45) is 6.46. The minimum absolute atomic E-state index is 0.862. The van der Waals surface area contributed by atoms with Gasteiger partial charge in [0.05, 0.1) is 0 Å². The minimum atomic E-state index is -4.94. The Bertz CT molecular complexity index is 273. The van der Waals surface area contributed by atoms with Crippen molar-refractivity contribution in [2.45, 2.75) is 12.8 Å². The van der Waals surface area contributed by atoms with Gasteiger partial charge in [0, 0.05) is 19.2 Å². The van der Waals surface area contributed by atoms with E-state index < -0.39 is 10.2 Å². The molecule has 1 heterocycles. The second kappa shape index (κ2) is 7.86. The highest BCUT2D eigenvalue weighted by molar-refractivity contribution is 6.30. The van der Waals surface area contributed by atoms with E-state index in [2.05, 4.69) is 4.90 Å². The summed E-state index contributed by atoms with van der Waals surface area (Å²) in [7, 11) is -0.963. The van der Waals surface area contributed by atoms with E-state index in [1.54, 1.807) is 0 Å². The van der Waals surface area contributed by atoms with Crippen LogP contribution in [0.5, 0.6) is 0 Å². The molecule has 0 aromatic carbocycles. The van der Waals surface area contributed by atoms with Crippen LogP contribution >= 0.6 is 11.6 Å². The predicted molar refractivity (Wildman–Crippen MR) is 52.9 cm³/mol. The summed E-state index contributed by atoms with van der Waals surface area (Å²) in [6, 6.07) is 0. The normalized spacial score (nSPS) is 16.4. The maximum atomic E-state index is 8.49. The highest BCUT2D eigenvalue weighted by atomic mass is 35.7.